The number of unbranched alkanes of at least 4 members (excludes halogenated alkanes) is 1. The predicted molar refractivity (Wildman–Crippen MR) is 76.1 cm³/mol. The molecule has 2 aromatic rings. The highest BCUT2D eigenvalue weighted by Crippen LogP contribution is 2.23. The summed E-state index contributed by atoms with van der Waals surface area (Å²) in [6.07, 6.45) is 2.54. The van der Waals surface area contributed by atoms with E-state index in [4.69, 9.17) is 5.26 Å². The van der Waals surface area contributed by atoms with E-state index in [0.717, 1.165) is 18.4 Å². The number of nitro benzene ring substituents is 1. The fourth-order valence-corrected chi connectivity index (χ4v) is 2.09. The molecule has 0 bridgehead atoms. The molecule has 0 aliphatic rings. The Morgan fingerprint density at radius 2 is 2.24 bits per heavy atom. The average Bonchev–Trinajstić information content (AvgIpc) is 2.87. The Hall–Kier alpha value is -2.75. The van der Waals surface area contributed by atoms with Gasteiger partial charge in [-0.25, -0.2) is 4.68 Å². The van der Waals surface area contributed by atoms with Gasteiger partial charge in [0.1, 0.15) is 6.07 Å². The topological polar surface area (TPSA) is 97.6 Å². The number of hydrogen-bond acceptors (Lipinski definition) is 5. The molecule has 0 N–H and O–H groups in total. The van der Waals surface area contributed by atoms with Crippen molar-refractivity contribution in [1.29, 1.82) is 5.26 Å². The molecule has 0 aliphatic heterocycles. The van der Waals surface area contributed by atoms with Crippen molar-refractivity contribution in [3.05, 3.63) is 45.3 Å². The van der Waals surface area contributed by atoms with E-state index < -0.39 is 4.92 Å². The van der Waals surface area contributed by atoms with Crippen LogP contribution in [-0.2, 0) is 6.42 Å². The van der Waals surface area contributed by atoms with Gasteiger partial charge in [0.2, 0.25) is 0 Å². The summed E-state index contributed by atoms with van der Waals surface area (Å²) in [5.74, 6) is 0. The highest BCUT2D eigenvalue weighted by molar-refractivity contribution is 5.49. The predicted octanol–water partition coefficient (Wildman–Crippen LogP) is 2.70. The quantitative estimate of drug-likeness (QED) is 0.621. The molecule has 1 heterocycles. The molecule has 7 nitrogen and oxygen atoms in total. The zero-order valence-electron chi connectivity index (χ0n) is 11.9. The molecule has 0 fully saturated rings. The Labute approximate surface area is 122 Å². The number of hydrogen-bond donors (Lipinski definition) is 0. The zero-order valence-corrected chi connectivity index (χ0v) is 11.9. The first-order valence-electron chi connectivity index (χ1n) is 6.68. The first-order chi connectivity index (χ1) is 10.1. The molecule has 2 rings (SSSR count). The maximum Gasteiger partial charge on any atom is 0.271 e. The molecule has 0 aliphatic carbocycles. The summed E-state index contributed by atoms with van der Waals surface area (Å²) in [6, 6.07) is 6.60. The van der Waals surface area contributed by atoms with Crippen LogP contribution >= 0.6 is 0 Å². The van der Waals surface area contributed by atoms with Gasteiger partial charge in [0.15, 0.2) is 5.69 Å². The van der Waals surface area contributed by atoms with Crippen molar-refractivity contribution >= 4 is 5.69 Å². The third-order valence-electron chi connectivity index (χ3n) is 3.27. The van der Waals surface area contributed by atoms with Gasteiger partial charge in [-0.3, -0.25) is 10.1 Å². The fraction of sp³-hybridized carbons (Fsp3) is 0.357. The molecule has 0 unspecified atom stereocenters. The molecule has 0 spiro atoms. The van der Waals surface area contributed by atoms with Gasteiger partial charge in [0.05, 0.1) is 16.3 Å². The molecular formula is C14H15N5O2. The summed E-state index contributed by atoms with van der Waals surface area (Å²) in [4.78, 5) is 10.5. The Morgan fingerprint density at radius 3 is 2.86 bits per heavy atom. The molecule has 1 aromatic heterocycles. The lowest BCUT2D eigenvalue weighted by atomic mass is 10.1. The van der Waals surface area contributed by atoms with E-state index in [1.54, 1.807) is 6.07 Å². The highest BCUT2D eigenvalue weighted by atomic mass is 16.6. The monoisotopic (exact) mass is 285 g/mol. The van der Waals surface area contributed by atoms with Crippen molar-refractivity contribution < 1.29 is 4.92 Å². The van der Waals surface area contributed by atoms with Crippen LogP contribution in [0.15, 0.2) is 18.2 Å². The van der Waals surface area contributed by atoms with E-state index in [-0.39, 0.29) is 11.4 Å². The van der Waals surface area contributed by atoms with Gasteiger partial charge in [-0.2, -0.15) is 5.26 Å². The first kappa shape index (κ1) is 14.7. The van der Waals surface area contributed by atoms with E-state index >= 15 is 0 Å². The van der Waals surface area contributed by atoms with Gasteiger partial charge in [0.25, 0.3) is 5.69 Å². The standard InChI is InChI=1S/C14H15N5O2/c1-3-4-5-13-12(9-15)16-17-18(13)14-8-11(19(20)21)7-6-10(14)2/h6-8H,3-5H2,1-2H3. The van der Waals surface area contributed by atoms with Crippen molar-refractivity contribution in [2.24, 2.45) is 0 Å². The number of benzene rings is 1. The van der Waals surface area contributed by atoms with Crippen LogP contribution in [0.5, 0.6) is 0 Å². The van der Waals surface area contributed by atoms with Crippen LogP contribution in [0.2, 0.25) is 0 Å². The SMILES string of the molecule is CCCCc1c(C#N)nnn1-c1cc([N+](=O)[O-])ccc1C. The van der Waals surface area contributed by atoms with E-state index in [2.05, 4.69) is 17.2 Å². The van der Waals surface area contributed by atoms with Crippen LogP contribution < -0.4 is 0 Å². The minimum Gasteiger partial charge on any atom is -0.258 e. The fourth-order valence-electron chi connectivity index (χ4n) is 2.09. The zero-order chi connectivity index (χ0) is 15.4. The molecule has 0 atom stereocenters. The summed E-state index contributed by atoms with van der Waals surface area (Å²) in [7, 11) is 0. The van der Waals surface area contributed by atoms with Crippen LogP contribution in [0.3, 0.4) is 0 Å². The Morgan fingerprint density at radius 1 is 1.48 bits per heavy atom. The normalized spacial score (nSPS) is 10.3. The van der Waals surface area contributed by atoms with Gasteiger partial charge in [0, 0.05) is 12.1 Å². The van der Waals surface area contributed by atoms with Crippen molar-refractivity contribution in [3.8, 4) is 11.8 Å². The lowest BCUT2D eigenvalue weighted by Crippen LogP contribution is -2.06. The molecule has 108 valence electrons. The third kappa shape index (κ3) is 2.89. The second kappa shape index (κ2) is 6.13. The van der Waals surface area contributed by atoms with Gasteiger partial charge in [-0.15, -0.1) is 5.10 Å². The number of non-ortho nitro benzene ring substituents is 1. The Bertz CT molecular complexity index is 715. The van der Waals surface area contributed by atoms with E-state index in [9.17, 15) is 10.1 Å². The maximum absolute atomic E-state index is 10.9. The molecule has 7 heteroatoms. The van der Waals surface area contributed by atoms with E-state index in [1.807, 2.05) is 13.0 Å². The lowest BCUT2D eigenvalue weighted by molar-refractivity contribution is -0.384. The molecular weight excluding hydrogens is 270 g/mol. The number of nitrogens with zero attached hydrogens (tertiary/aromatic N) is 5. The molecule has 0 radical (unpaired) electrons. The first-order valence-corrected chi connectivity index (χ1v) is 6.68. The van der Waals surface area contributed by atoms with Crippen molar-refractivity contribution in [2.45, 2.75) is 33.1 Å². The Kier molecular flexibility index (Phi) is 4.28. The van der Waals surface area contributed by atoms with Crippen LogP contribution in [0.4, 0.5) is 5.69 Å². The van der Waals surface area contributed by atoms with Gasteiger partial charge < -0.3 is 0 Å². The molecule has 21 heavy (non-hydrogen) atoms. The molecule has 0 amide bonds. The average molecular weight is 285 g/mol. The van der Waals surface area contributed by atoms with Crippen LogP contribution in [0.1, 0.15) is 36.7 Å². The highest BCUT2D eigenvalue weighted by Gasteiger charge is 2.17. The van der Waals surface area contributed by atoms with Crippen LogP contribution in [0.25, 0.3) is 5.69 Å². The second-order valence-corrected chi connectivity index (χ2v) is 4.74. The van der Waals surface area contributed by atoms with Crippen molar-refractivity contribution in [3.63, 3.8) is 0 Å². The number of rotatable bonds is 5. The largest absolute Gasteiger partial charge is 0.271 e. The maximum atomic E-state index is 10.9. The minimum absolute atomic E-state index is 0.00829. The van der Waals surface area contributed by atoms with E-state index in [0.29, 0.717) is 17.8 Å². The summed E-state index contributed by atoms with van der Waals surface area (Å²) >= 11 is 0. The smallest absolute Gasteiger partial charge is 0.258 e. The lowest BCUT2D eigenvalue weighted by Gasteiger charge is -2.09. The van der Waals surface area contributed by atoms with Gasteiger partial charge in [-0.05, 0) is 25.3 Å². The number of nitriles is 1. The minimum atomic E-state index is -0.448. The van der Waals surface area contributed by atoms with Crippen LogP contribution in [0, 0.1) is 28.4 Å². The second-order valence-electron chi connectivity index (χ2n) is 4.74. The Balaban J connectivity index is 2.56. The van der Waals surface area contributed by atoms with Gasteiger partial charge in [-0.1, -0.05) is 24.6 Å². The summed E-state index contributed by atoms with van der Waals surface area (Å²) < 4.78 is 1.54. The number of aromatic nitrogens is 3. The third-order valence-corrected chi connectivity index (χ3v) is 3.27. The van der Waals surface area contributed by atoms with Crippen molar-refractivity contribution in [2.75, 3.05) is 0 Å². The van der Waals surface area contributed by atoms with Crippen molar-refractivity contribution in [1.82, 2.24) is 15.0 Å². The summed E-state index contributed by atoms with van der Waals surface area (Å²) in [6.45, 7) is 3.90. The molecule has 0 saturated heterocycles. The molecule has 1 aromatic carbocycles. The van der Waals surface area contributed by atoms with Crippen LogP contribution in [-0.4, -0.2) is 19.9 Å². The number of aryl methyl sites for hydroxylation is 1. The molecule has 0 saturated carbocycles. The van der Waals surface area contributed by atoms with Gasteiger partial charge >= 0.3 is 0 Å². The van der Waals surface area contributed by atoms with E-state index in [1.165, 1.54) is 16.8 Å². The summed E-state index contributed by atoms with van der Waals surface area (Å²) in [5.41, 5.74) is 2.39. The summed E-state index contributed by atoms with van der Waals surface area (Å²) in [5, 5.41) is 27.9. The number of nitro groups is 1.